The lowest BCUT2D eigenvalue weighted by atomic mass is 9.78. The third-order valence-electron chi connectivity index (χ3n) is 6.81. The average molecular weight is 392 g/mol. The third-order valence-corrected chi connectivity index (χ3v) is 6.81. The van der Waals surface area contributed by atoms with Crippen LogP contribution in [-0.2, 0) is 4.79 Å². The number of nitrogens with one attached hydrogen (secondary N) is 1. The monoisotopic (exact) mass is 391 g/mol. The van der Waals surface area contributed by atoms with Gasteiger partial charge in [-0.25, -0.2) is 0 Å². The zero-order valence-corrected chi connectivity index (χ0v) is 17.2. The molecular weight excluding hydrogens is 362 g/mol. The highest BCUT2D eigenvalue weighted by atomic mass is 16.2. The molecule has 3 N–H and O–H groups in total. The van der Waals surface area contributed by atoms with Crippen LogP contribution in [0, 0.1) is 13.8 Å². The van der Waals surface area contributed by atoms with Crippen LogP contribution in [0.3, 0.4) is 0 Å². The van der Waals surface area contributed by atoms with Gasteiger partial charge in [0.25, 0.3) is 5.91 Å². The van der Waals surface area contributed by atoms with E-state index in [9.17, 15) is 9.59 Å². The van der Waals surface area contributed by atoms with Gasteiger partial charge in [0, 0.05) is 17.1 Å². The third kappa shape index (κ3) is 3.44. The van der Waals surface area contributed by atoms with Crippen molar-refractivity contribution in [3.05, 3.63) is 70.8 Å². The van der Waals surface area contributed by atoms with Crippen LogP contribution in [0.5, 0.6) is 0 Å². The van der Waals surface area contributed by atoms with Gasteiger partial charge in [-0.3, -0.25) is 14.5 Å². The van der Waals surface area contributed by atoms with Crippen LogP contribution in [0.2, 0.25) is 0 Å². The molecule has 2 heterocycles. The zero-order valence-electron chi connectivity index (χ0n) is 17.2. The molecule has 0 radical (unpaired) electrons. The largest absolute Gasteiger partial charge is 0.369 e. The number of hydrogen-bond acceptors (Lipinski definition) is 3. The maximum Gasteiger partial charge on any atom is 0.252 e. The number of benzene rings is 2. The minimum atomic E-state index is -0.309. The predicted octanol–water partition coefficient (Wildman–Crippen LogP) is 3.26. The number of nitrogens with zero attached hydrogens (tertiary/aromatic N) is 1. The van der Waals surface area contributed by atoms with Gasteiger partial charge < -0.3 is 11.1 Å². The van der Waals surface area contributed by atoms with Crippen LogP contribution in [0.15, 0.2) is 48.5 Å². The number of nitrogens with two attached hydrogens (primary N) is 1. The molecule has 2 saturated heterocycles. The van der Waals surface area contributed by atoms with Crippen molar-refractivity contribution < 1.29 is 9.59 Å². The van der Waals surface area contributed by atoms with Crippen molar-refractivity contribution >= 4 is 11.8 Å². The molecule has 0 unspecified atom stereocenters. The molecule has 2 bridgehead atoms. The molecular formula is C24H29N3O2. The Morgan fingerprint density at radius 2 is 1.69 bits per heavy atom. The van der Waals surface area contributed by atoms with E-state index < -0.39 is 0 Å². The van der Waals surface area contributed by atoms with Gasteiger partial charge in [-0.1, -0.05) is 48.5 Å². The summed E-state index contributed by atoms with van der Waals surface area (Å²) in [6.45, 7) is 4.18. The van der Waals surface area contributed by atoms with Crippen molar-refractivity contribution in [1.29, 1.82) is 0 Å². The zero-order chi connectivity index (χ0) is 20.6. The van der Waals surface area contributed by atoms with Gasteiger partial charge >= 0.3 is 0 Å². The molecule has 5 nitrogen and oxygen atoms in total. The molecule has 2 aromatic carbocycles. The van der Waals surface area contributed by atoms with Gasteiger partial charge in [0.05, 0.1) is 12.6 Å². The number of aryl methyl sites for hydroxylation is 2. The van der Waals surface area contributed by atoms with Crippen molar-refractivity contribution in [1.82, 2.24) is 10.2 Å². The summed E-state index contributed by atoms with van der Waals surface area (Å²) in [4.78, 5) is 27.5. The number of hydrogen-bond donors (Lipinski definition) is 2. The van der Waals surface area contributed by atoms with Gasteiger partial charge in [-0.15, -0.1) is 0 Å². The topological polar surface area (TPSA) is 75.4 Å². The normalized spacial score (nSPS) is 24.4. The first-order valence-electron chi connectivity index (χ1n) is 10.4. The van der Waals surface area contributed by atoms with Gasteiger partial charge in [0.2, 0.25) is 5.91 Å². The molecule has 0 aliphatic carbocycles. The molecule has 2 aliphatic rings. The quantitative estimate of drug-likeness (QED) is 0.794. The molecule has 4 rings (SSSR count). The van der Waals surface area contributed by atoms with E-state index in [1.807, 2.05) is 50.2 Å². The summed E-state index contributed by atoms with van der Waals surface area (Å²) in [5.41, 5.74) is 9.06. The maximum atomic E-state index is 13.4. The molecule has 2 aromatic rings. The summed E-state index contributed by atoms with van der Waals surface area (Å²) in [5.74, 6) is -0.366. The van der Waals surface area contributed by atoms with Gasteiger partial charge in [-0.2, -0.15) is 0 Å². The Hall–Kier alpha value is -2.66. The Bertz CT molecular complexity index is 897. The minimum absolute atomic E-state index is 0.0572. The first-order valence-corrected chi connectivity index (χ1v) is 10.4. The summed E-state index contributed by atoms with van der Waals surface area (Å²) >= 11 is 0. The molecule has 152 valence electrons. The Balaban J connectivity index is 1.74. The van der Waals surface area contributed by atoms with E-state index in [4.69, 9.17) is 5.73 Å². The molecule has 1 atom stereocenters. The van der Waals surface area contributed by atoms with Crippen LogP contribution in [0.25, 0.3) is 0 Å². The Morgan fingerprint density at radius 1 is 1.07 bits per heavy atom. The number of primary amides is 1. The summed E-state index contributed by atoms with van der Waals surface area (Å²) in [5, 5.41) is 3.36. The summed E-state index contributed by atoms with van der Waals surface area (Å²) in [7, 11) is 0. The second kappa shape index (κ2) is 7.64. The standard InChI is InChI=1S/C24H29N3O2/c1-16-7-6-8-17(2)21(16)23(29)26-22(18-9-4-3-5-10-18)24-13-11-19(12-14-24)27(24)15-20(25)28/h3-10,19,22H,11-15H2,1-2H3,(H2,25,28)(H,26,29)/t19?,22-,24?/m1/s1. The maximum absolute atomic E-state index is 13.4. The van der Waals surface area contributed by atoms with Crippen molar-refractivity contribution in [2.75, 3.05) is 6.54 Å². The fourth-order valence-electron chi connectivity index (χ4n) is 5.52. The lowest BCUT2D eigenvalue weighted by Crippen LogP contribution is -2.54. The Kier molecular flexibility index (Phi) is 5.17. The van der Waals surface area contributed by atoms with E-state index in [1.54, 1.807) is 0 Å². The molecule has 0 aromatic heterocycles. The van der Waals surface area contributed by atoms with E-state index in [1.165, 1.54) is 0 Å². The van der Waals surface area contributed by atoms with Crippen molar-refractivity contribution in [3.63, 3.8) is 0 Å². The minimum Gasteiger partial charge on any atom is -0.369 e. The molecule has 5 heteroatoms. The van der Waals surface area contributed by atoms with Crippen molar-refractivity contribution in [2.24, 2.45) is 5.73 Å². The van der Waals surface area contributed by atoms with E-state index in [0.717, 1.165) is 47.9 Å². The highest BCUT2D eigenvalue weighted by molar-refractivity contribution is 5.97. The first kappa shape index (κ1) is 19.6. The number of fused-ring (bicyclic) bond motifs is 2. The molecule has 2 amide bonds. The summed E-state index contributed by atoms with van der Waals surface area (Å²) in [6.07, 6.45) is 3.99. The van der Waals surface area contributed by atoms with Crippen LogP contribution in [0.1, 0.15) is 58.8 Å². The highest BCUT2D eigenvalue weighted by Crippen LogP contribution is 2.52. The van der Waals surface area contributed by atoms with E-state index in [0.29, 0.717) is 6.04 Å². The number of carbonyl (C=O) groups is 2. The van der Waals surface area contributed by atoms with E-state index >= 15 is 0 Å². The van der Waals surface area contributed by atoms with Crippen LogP contribution >= 0.6 is 0 Å². The van der Waals surface area contributed by atoms with E-state index in [2.05, 4.69) is 22.3 Å². The Morgan fingerprint density at radius 3 is 2.28 bits per heavy atom. The smallest absolute Gasteiger partial charge is 0.252 e. The molecule has 2 fully saturated rings. The fourth-order valence-corrected chi connectivity index (χ4v) is 5.52. The lowest BCUT2D eigenvalue weighted by molar-refractivity contribution is -0.120. The predicted molar refractivity (Wildman–Crippen MR) is 113 cm³/mol. The lowest BCUT2D eigenvalue weighted by Gasteiger charge is -2.42. The van der Waals surface area contributed by atoms with Crippen LogP contribution in [0.4, 0.5) is 0 Å². The summed E-state index contributed by atoms with van der Waals surface area (Å²) in [6, 6.07) is 16.2. The fraction of sp³-hybridized carbons (Fsp3) is 0.417. The summed E-state index contributed by atoms with van der Waals surface area (Å²) < 4.78 is 0. The van der Waals surface area contributed by atoms with Crippen LogP contribution < -0.4 is 11.1 Å². The molecule has 2 aliphatic heterocycles. The average Bonchev–Trinajstić information content (AvgIpc) is 3.21. The number of amides is 2. The van der Waals surface area contributed by atoms with Gasteiger partial charge in [-0.05, 0) is 56.2 Å². The second-order valence-corrected chi connectivity index (χ2v) is 8.51. The SMILES string of the molecule is Cc1cccc(C)c1C(=O)N[C@H](c1ccccc1)C12CCC(CC1)N2CC(N)=O. The first-order chi connectivity index (χ1) is 13.9. The Labute approximate surface area is 172 Å². The van der Waals surface area contributed by atoms with E-state index in [-0.39, 0.29) is 29.9 Å². The number of rotatable bonds is 6. The van der Waals surface area contributed by atoms with Gasteiger partial charge in [0.1, 0.15) is 0 Å². The van der Waals surface area contributed by atoms with Crippen molar-refractivity contribution in [2.45, 2.75) is 57.2 Å². The molecule has 29 heavy (non-hydrogen) atoms. The van der Waals surface area contributed by atoms with Crippen LogP contribution in [-0.4, -0.2) is 34.8 Å². The number of carbonyl (C=O) groups excluding carboxylic acids is 2. The van der Waals surface area contributed by atoms with Gasteiger partial charge in [0.15, 0.2) is 0 Å². The molecule has 0 saturated carbocycles. The second-order valence-electron chi connectivity index (χ2n) is 8.51. The highest BCUT2D eigenvalue weighted by Gasteiger charge is 2.56. The van der Waals surface area contributed by atoms with Crippen molar-refractivity contribution in [3.8, 4) is 0 Å². The molecule has 0 spiro atoms.